The normalized spacial score (nSPS) is 23.5. The Hall–Kier alpha value is -2.46. The summed E-state index contributed by atoms with van der Waals surface area (Å²) in [5.41, 5.74) is 0.961. The summed E-state index contributed by atoms with van der Waals surface area (Å²) in [5.74, 6) is -0.240. The molecule has 0 unspecified atom stereocenters. The van der Waals surface area contributed by atoms with Crippen molar-refractivity contribution in [3.63, 3.8) is 0 Å². The number of hydrogen-bond donors (Lipinski definition) is 0. The number of halogens is 1. The number of nitro benzene ring substituents is 1. The summed E-state index contributed by atoms with van der Waals surface area (Å²) in [4.78, 5) is 26.4. The molecule has 2 aromatic carbocycles. The second-order valence-electron chi connectivity index (χ2n) is 6.48. The third-order valence-electron chi connectivity index (χ3n) is 4.81. The Balaban J connectivity index is 1.76. The van der Waals surface area contributed by atoms with E-state index in [2.05, 4.69) is 15.9 Å². The predicted molar refractivity (Wildman–Crippen MR) is 104 cm³/mol. The molecular weight excluding hydrogens is 438 g/mol. The number of nitro groups is 1. The van der Waals surface area contributed by atoms with Crippen LogP contribution in [-0.2, 0) is 9.84 Å². The van der Waals surface area contributed by atoms with Crippen molar-refractivity contribution in [2.24, 2.45) is 0 Å². The van der Waals surface area contributed by atoms with Crippen LogP contribution in [0.15, 0.2) is 53.0 Å². The SMILES string of the molecule is O=C1N(c2ccc(Br)cc2)[C@H]2CS(=O)(=O)C[C@@H]2N1c1ccc([N+](=O)[O-])cc1. The molecule has 0 radical (unpaired) electrons. The van der Waals surface area contributed by atoms with Crippen LogP contribution in [0, 0.1) is 10.1 Å². The molecular formula is C17H14BrN3O5S. The highest BCUT2D eigenvalue weighted by Gasteiger charge is 2.54. The Bertz CT molecular complexity index is 1020. The molecule has 8 nitrogen and oxygen atoms in total. The summed E-state index contributed by atoms with van der Waals surface area (Å²) in [5, 5.41) is 10.9. The first kappa shape index (κ1) is 17.9. The first-order valence-electron chi connectivity index (χ1n) is 8.10. The summed E-state index contributed by atoms with van der Waals surface area (Å²) in [6.45, 7) is 0. The zero-order valence-electron chi connectivity index (χ0n) is 13.9. The molecule has 2 aliphatic heterocycles. The number of hydrogen-bond acceptors (Lipinski definition) is 5. The molecule has 2 atom stereocenters. The van der Waals surface area contributed by atoms with Gasteiger partial charge < -0.3 is 0 Å². The van der Waals surface area contributed by atoms with Crippen molar-refractivity contribution in [2.75, 3.05) is 21.3 Å². The Morgan fingerprint density at radius 2 is 1.37 bits per heavy atom. The highest BCUT2D eigenvalue weighted by Crippen LogP contribution is 2.38. The van der Waals surface area contributed by atoms with Gasteiger partial charge >= 0.3 is 6.03 Å². The summed E-state index contributed by atoms with van der Waals surface area (Å²) in [7, 11) is -3.29. The maximum absolute atomic E-state index is 13.1. The van der Waals surface area contributed by atoms with Crippen molar-refractivity contribution >= 4 is 48.9 Å². The number of sulfone groups is 1. The second kappa shape index (κ2) is 6.31. The molecule has 4 rings (SSSR count). The molecule has 0 saturated carbocycles. The first-order chi connectivity index (χ1) is 12.8. The average Bonchev–Trinajstić information content (AvgIpc) is 3.05. The van der Waals surface area contributed by atoms with E-state index in [0.717, 1.165) is 4.47 Å². The quantitative estimate of drug-likeness (QED) is 0.405. The molecule has 10 heteroatoms. The molecule has 0 aliphatic carbocycles. The van der Waals surface area contributed by atoms with Crippen molar-refractivity contribution in [1.82, 2.24) is 0 Å². The summed E-state index contributed by atoms with van der Waals surface area (Å²) < 4.78 is 25.3. The molecule has 0 bridgehead atoms. The first-order valence-corrected chi connectivity index (χ1v) is 10.7. The van der Waals surface area contributed by atoms with E-state index in [0.29, 0.717) is 11.4 Å². The van der Waals surface area contributed by atoms with E-state index in [9.17, 15) is 23.3 Å². The average molecular weight is 452 g/mol. The van der Waals surface area contributed by atoms with Gasteiger partial charge in [-0.15, -0.1) is 0 Å². The van der Waals surface area contributed by atoms with Crippen molar-refractivity contribution in [2.45, 2.75) is 12.1 Å². The summed E-state index contributed by atoms with van der Waals surface area (Å²) >= 11 is 3.35. The van der Waals surface area contributed by atoms with Crippen LogP contribution in [0.3, 0.4) is 0 Å². The number of fused-ring (bicyclic) bond motifs is 1. The monoisotopic (exact) mass is 451 g/mol. The van der Waals surface area contributed by atoms with E-state index in [1.165, 1.54) is 34.1 Å². The standard InChI is InChI=1S/C17H14BrN3O5S/c18-11-1-3-12(4-2-11)19-15-9-27(25,26)10-16(15)20(17(19)22)13-5-7-14(8-6-13)21(23)24/h1-8,15-16H,9-10H2/t15-,16-/m0/s1. The molecule has 0 spiro atoms. The topological polar surface area (TPSA) is 101 Å². The molecule has 2 heterocycles. The third kappa shape index (κ3) is 3.08. The summed E-state index contributed by atoms with van der Waals surface area (Å²) in [6.07, 6.45) is 0. The Kier molecular flexibility index (Phi) is 4.19. The van der Waals surface area contributed by atoms with Gasteiger partial charge in [0, 0.05) is 28.0 Å². The van der Waals surface area contributed by atoms with Gasteiger partial charge in [0.15, 0.2) is 9.84 Å². The Morgan fingerprint density at radius 1 is 0.926 bits per heavy atom. The number of nitrogens with zero attached hydrogens (tertiary/aromatic N) is 3. The molecule has 140 valence electrons. The van der Waals surface area contributed by atoms with E-state index < -0.39 is 26.8 Å². The minimum Gasteiger partial charge on any atom is -0.288 e. The molecule has 2 amide bonds. The van der Waals surface area contributed by atoms with Crippen LogP contribution in [0.25, 0.3) is 0 Å². The van der Waals surface area contributed by atoms with Gasteiger partial charge in [-0.25, -0.2) is 13.2 Å². The fourth-order valence-corrected chi connectivity index (χ4v) is 5.83. The highest BCUT2D eigenvalue weighted by molar-refractivity contribution is 9.10. The van der Waals surface area contributed by atoms with E-state index >= 15 is 0 Å². The third-order valence-corrected chi connectivity index (χ3v) is 7.04. The summed E-state index contributed by atoms with van der Waals surface area (Å²) in [6, 6.07) is 11.3. The van der Waals surface area contributed by atoms with Gasteiger partial charge in [-0.1, -0.05) is 15.9 Å². The second-order valence-corrected chi connectivity index (χ2v) is 9.55. The minimum absolute atomic E-state index is 0.0919. The van der Waals surface area contributed by atoms with Crippen LogP contribution in [0.4, 0.5) is 21.9 Å². The predicted octanol–water partition coefficient (Wildman–Crippen LogP) is 2.97. The lowest BCUT2D eigenvalue weighted by atomic mass is 10.1. The van der Waals surface area contributed by atoms with Crippen molar-refractivity contribution < 1.29 is 18.1 Å². The van der Waals surface area contributed by atoms with Crippen LogP contribution < -0.4 is 9.80 Å². The fourth-order valence-electron chi connectivity index (χ4n) is 3.64. The Labute approximate surface area is 163 Å². The molecule has 2 aliphatic rings. The van der Waals surface area contributed by atoms with E-state index in [1.807, 2.05) is 0 Å². The van der Waals surface area contributed by atoms with Gasteiger partial charge in [-0.05, 0) is 36.4 Å². The van der Waals surface area contributed by atoms with Crippen LogP contribution >= 0.6 is 15.9 Å². The van der Waals surface area contributed by atoms with Crippen molar-refractivity contribution in [3.05, 3.63) is 63.1 Å². The molecule has 27 heavy (non-hydrogen) atoms. The van der Waals surface area contributed by atoms with Crippen LogP contribution in [0.5, 0.6) is 0 Å². The zero-order chi connectivity index (χ0) is 19.3. The minimum atomic E-state index is -3.29. The van der Waals surface area contributed by atoms with Gasteiger partial charge in [0.2, 0.25) is 0 Å². The van der Waals surface area contributed by atoms with Gasteiger partial charge in [0.05, 0.1) is 28.5 Å². The van der Waals surface area contributed by atoms with Gasteiger partial charge in [-0.2, -0.15) is 0 Å². The number of rotatable bonds is 3. The largest absolute Gasteiger partial charge is 0.329 e. The van der Waals surface area contributed by atoms with E-state index in [-0.39, 0.29) is 23.2 Å². The van der Waals surface area contributed by atoms with E-state index in [4.69, 9.17) is 0 Å². The Morgan fingerprint density at radius 3 is 1.81 bits per heavy atom. The number of non-ortho nitro benzene ring substituents is 1. The lowest BCUT2D eigenvalue weighted by Crippen LogP contribution is -2.37. The number of carbonyl (C=O) groups is 1. The fraction of sp³-hybridized carbons (Fsp3) is 0.235. The van der Waals surface area contributed by atoms with Crippen LogP contribution in [-0.4, -0.2) is 43.0 Å². The van der Waals surface area contributed by atoms with Gasteiger partial charge in [-0.3, -0.25) is 19.9 Å². The number of urea groups is 1. The maximum Gasteiger partial charge on any atom is 0.329 e. The van der Waals surface area contributed by atoms with Gasteiger partial charge in [0.25, 0.3) is 5.69 Å². The lowest BCUT2D eigenvalue weighted by Gasteiger charge is -2.22. The number of amides is 2. The van der Waals surface area contributed by atoms with Crippen molar-refractivity contribution in [3.8, 4) is 0 Å². The molecule has 0 N–H and O–H groups in total. The highest BCUT2D eigenvalue weighted by atomic mass is 79.9. The van der Waals surface area contributed by atoms with Crippen LogP contribution in [0.1, 0.15) is 0 Å². The molecule has 2 aromatic rings. The van der Waals surface area contributed by atoms with Crippen LogP contribution in [0.2, 0.25) is 0 Å². The lowest BCUT2D eigenvalue weighted by molar-refractivity contribution is -0.384. The number of anilines is 2. The number of benzene rings is 2. The molecule has 0 aromatic heterocycles. The van der Waals surface area contributed by atoms with Gasteiger partial charge in [0.1, 0.15) is 0 Å². The smallest absolute Gasteiger partial charge is 0.288 e. The number of carbonyl (C=O) groups excluding carboxylic acids is 1. The van der Waals surface area contributed by atoms with Crippen molar-refractivity contribution in [1.29, 1.82) is 0 Å². The molecule has 2 fully saturated rings. The zero-order valence-corrected chi connectivity index (χ0v) is 16.3. The maximum atomic E-state index is 13.1. The molecule has 2 saturated heterocycles. The van der Waals surface area contributed by atoms with E-state index in [1.54, 1.807) is 24.3 Å².